The average Bonchev–Trinajstić information content (AvgIpc) is 2.46. The van der Waals surface area contributed by atoms with Gasteiger partial charge in [0.15, 0.2) is 0 Å². The Morgan fingerprint density at radius 3 is 2.63 bits per heavy atom. The molecular weight excluding hydrogens is 256 g/mol. The van der Waals surface area contributed by atoms with Crippen molar-refractivity contribution in [3.63, 3.8) is 0 Å². The van der Waals surface area contributed by atoms with Crippen molar-refractivity contribution in [3.05, 3.63) is 35.4 Å². The number of aryl methyl sites for hydroxylation is 1. The predicted molar refractivity (Wildman–Crippen MR) is 78.2 cm³/mol. The second-order valence-corrected chi connectivity index (χ2v) is 6.16. The highest BCUT2D eigenvalue weighted by Gasteiger charge is 2.35. The zero-order valence-corrected chi connectivity index (χ0v) is 12.2. The van der Waals surface area contributed by atoms with E-state index in [1.165, 1.54) is 0 Å². The Kier molecular flexibility index (Phi) is 4.16. The molecule has 1 aromatic rings. The van der Waals surface area contributed by atoms with Crippen molar-refractivity contribution in [3.8, 4) is 6.07 Å². The number of nitrogens with zero attached hydrogens (tertiary/aromatic N) is 2. The Hall–Kier alpha value is -1.47. The monoisotopic (exact) mass is 274 g/mol. The Morgan fingerprint density at radius 1 is 1.42 bits per heavy atom. The number of benzene rings is 1. The van der Waals surface area contributed by atoms with E-state index in [-0.39, 0.29) is 10.7 Å². The van der Waals surface area contributed by atoms with Gasteiger partial charge in [0.05, 0.1) is 6.07 Å². The van der Waals surface area contributed by atoms with Crippen LogP contribution in [0.4, 0.5) is 0 Å². The quantitative estimate of drug-likeness (QED) is 0.833. The first-order chi connectivity index (χ1) is 9.10. The summed E-state index contributed by atoms with van der Waals surface area (Å²) in [5.74, 6) is 0.0799. The van der Waals surface area contributed by atoms with Crippen molar-refractivity contribution < 1.29 is 4.79 Å². The van der Waals surface area contributed by atoms with Crippen molar-refractivity contribution in [2.45, 2.75) is 24.5 Å². The molecule has 0 spiro atoms. The van der Waals surface area contributed by atoms with Crippen LogP contribution >= 0.6 is 11.8 Å². The first-order valence-corrected chi connectivity index (χ1v) is 7.65. The molecular formula is C15H18N2OS. The van der Waals surface area contributed by atoms with E-state index in [2.05, 4.69) is 6.07 Å². The van der Waals surface area contributed by atoms with Gasteiger partial charge in [0.25, 0.3) is 5.91 Å². The van der Waals surface area contributed by atoms with Crippen LogP contribution in [0.1, 0.15) is 28.8 Å². The summed E-state index contributed by atoms with van der Waals surface area (Å²) < 4.78 is -0.302. The zero-order chi connectivity index (χ0) is 13.9. The van der Waals surface area contributed by atoms with E-state index in [4.69, 9.17) is 0 Å². The van der Waals surface area contributed by atoms with Gasteiger partial charge in [0, 0.05) is 18.7 Å². The molecule has 0 atom stereocenters. The van der Waals surface area contributed by atoms with Gasteiger partial charge in [-0.1, -0.05) is 17.7 Å². The van der Waals surface area contributed by atoms with Crippen molar-refractivity contribution in [2.24, 2.45) is 0 Å². The number of nitriles is 1. The van der Waals surface area contributed by atoms with Crippen LogP contribution in [0.15, 0.2) is 24.3 Å². The van der Waals surface area contributed by atoms with Crippen LogP contribution in [-0.2, 0) is 0 Å². The van der Waals surface area contributed by atoms with Crippen LogP contribution in [0.5, 0.6) is 0 Å². The van der Waals surface area contributed by atoms with Gasteiger partial charge >= 0.3 is 0 Å². The maximum absolute atomic E-state index is 12.4. The van der Waals surface area contributed by atoms with E-state index >= 15 is 0 Å². The number of hydrogen-bond donors (Lipinski definition) is 0. The van der Waals surface area contributed by atoms with Gasteiger partial charge in [-0.05, 0) is 38.2 Å². The molecule has 0 radical (unpaired) electrons. The molecule has 19 heavy (non-hydrogen) atoms. The van der Waals surface area contributed by atoms with Gasteiger partial charge in [-0.25, -0.2) is 0 Å². The van der Waals surface area contributed by atoms with Crippen LogP contribution in [0.2, 0.25) is 0 Å². The minimum Gasteiger partial charge on any atom is -0.338 e. The zero-order valence-electron chi connectivity index (χ0n) is 11.3. The Bertz CT molecular complexity index is 513. The van der Waals surface area contributed by atoms with Crippen LogP contribution < -0.4 is 0 Å². The van der Waals surface area contributed by atoms with Crippen molar-refractivity contribution in [2.75, 3.05) is 19.3 Å². The molecule has 1 aliphatic rings. The molecule has 1 amide bonds. The molecule has 1 heterocycles. The molecule has 0 aliphatic carbocycles. The van der Waals surface area contributed by atoms with Gasteiger partial charge in [-0.2, -0.15) is 5.26 Å². The van der Waals surface area contributed by atoms with Crippen LogP contribution in [-0.4, -0.2) is 34.9 Å². The topological polar surface area (TPSA) is 44.1 Å². The summed E-state index contributed by atoms with van der Waals surface area (Å²) in [4.78, 5) is 14.2. The van der Waals surface area contributed by atoms with E-state index < -0.39 is 0 Å². The molecule has 0 bridgehead atoms. The van der Waals surface area contributed by atoms with E-state index in [1.807, 2.05) is 42.3 Å². The number of carbonyl (C=O) groups is 1. The van der Waals surface area contributed by atoms with Gasteiger partial charge in [0.2, 0.25) is 0 Å². The molecule has 1 fully saturated rings. The summed E-state index contributed by atoms with van der Waals surface area (Å²) in [5, 5.41) is 9.25. The summed E-state index contributed by atoms with van der Waals surface area (Å²) >= 11 is 1.61. The lowest BCUT2D eigenvalue weighted by molar-refractivity contribution is 0.0716. The van der Waals surface area contributed by atoms with Crippen molar-refractivity contribution in [1.82, 2.24) is 4.90 Å². The third kappa shape index (κ3) is 2.93. The molecule has 4 heteroatoms. The SMILES string of the molecule is CSC1(C#N)CCN(C(=O)c2cccc(C)c2)CC1. The second-order valence-electron chi connectivity index (χ2n) is 4.97. The lowest BCUT2D eigenvalue weighted by Crippen LogP contribution is -2.44. The number of hydrogen-bond acceptors (Lipinski definition) is 3. The van der Waals surface area contributed by atoms with Gasteiger partial charge < -0.3 is 4.90 Å². The summed E-state index contributed by atoms with van der Waals surface area (Å²) in [6.07, 6.45) is 3.48. The first-order valence-electron chi connectivity index (χ1n) is 6.42. The van der Waals surface area contributed by atoms with E-state index in [9.17, 15) is 10.1 Å². The molecule has 1 aromatic carbocycles. The fraction of sp³-hybridized carbons (Fsp3) is 0.467. The highest BCUT2D eigenvalue weighted by Crippen LogP contribution is 2.34. The van der Waals surface area contributed by atoms with Gasteiger partial charge in [-0.15, -0.1) is 11.8 Å². The maximum Gasteiger partial charge on any atom is 0.253 e. The number of piperidine rings is 1. The fourth-order valence-electron chi connectivity index (χ4n) is 2.39. The van der Waals surface area contributed by atoms with Gasteiger partial charge in [0.1, 0.15) is 4.75 Å². The van der Waals surface area contributed by atoms with Gasteiger partial charge in [-0.3, -0.25) is 4.79 Å². The molecule has 100 valence electrons. The van der Waals surface area contributed by atoms with E-state index in [0.717, 1.165) is 24.0 Å². The van der Waals surface area contributed by atoms with Crippen LogP contribution in [0.3, 0.4) is 0 Å². The minimum atomic E-state index is -0.302. The normalized spacial score (nSPS) is 17.8. The number of amides is 1. The first kappa shape index (κ1) is 14.0. The van der Waals surface area contributed by atoms with E-state index in [1.54, 1.807) is 11.8 Å². The summed E-state index contributed by atoms with van der Waals surface area (Å²) in [6.45, 7) is 3.32. The average molecular weight is 274 g/mol. The van der Waals surface area contributed by atoms with Crippen LogP contribution in [0.25, 0.3) is 0 Å². The third-order valence-electron chi connectivity index (χ3n) is 3.72. The smallest absolute Gasteiger partial charge is 0.253 e. The van der Waals surface area contributed by atoms with Crippen molar-refractivity contribution >= 4 is 17.7 Å². The number of thioether (sulfide) groups is 1. The number of carbonyl (C=O) groups excluding carboxylic acids is 1. The summed E-state index contributed by atoms with van der Waals surface area (Å²) in [6, 6.07) is 10.1. The summed E-state index contributed by atoms with van der Waals surface area (Å²) in [7, 11) is 0. The molecule has 2 rings (SSSR count). The lowest BCUT2D eigenvalue weighted by Gasteiger charge is -2.36. The molecule has 1 aliphatic heterocycles. The standard InChI is InChI=1S/C15H18N2OS/c1-12-4-3-5-13(10-12)14(18)17-8-6-15(11-16,19-2)7-9-17/h3-5,10H,6-9H2,1-2H3. The largest absolute Gasteiger partial charge is 0.338 e. The Balaban J connectivity index is 2.06. The third-order valence-corrected chi connectivity index (χ3v) is 5.00. The molecule has 0 unspecified atom stereocenters. The highest BCUT2D eigenvalue weighted by atomic mass is 32.2. The fourth-order valence-corrected chi connectivity index (χ4v) is 3.08. The molecule has 1 saturated heterocycles. The van der Waals surface area contributed by atoms with Crippen LogP contribution in [0, 0.1) is 18.3 Å². The minimum absolute atomic E-state index is 0.0799. The second kappa shape index (κ2) is 5.66. The Morgan fingerprint density at radius 2 is 2.11 bits per heavy atom. The predicted octanol–water partition coefficient (Wildman–Crippen LogP) is 2.86. The number of likely N-dealkylation sites (tertiary alicyclic amines) is 1. The lowest BCUT2D eigenvalue weighted by atomic mass is 9.96. The highest BCUT2D eigenvalue weighted by molar-refractivity contribution is 8.00. The Labute approximate surface area is 118 Å². The maximum atomic E-state index is 12.4. The number of rotatable bonds is 2. The molecule has 0 saturated carbocycles. The summed E-state index contributed by atoms with van der Waals surface area (Å²) in [5.41, 5.74) is 1.84. The molecule has 0 N–H and O–H groups in total. The molecule has 3 nitrogen and oxygen atoms in total. The van der Waals surface area contributed by atoms with Crippen molar-refractivity contribution in [1.29, 1.82) is 5.26 Å². The van der Waals surface area contributed by atoms with E-state index in [0.29, 0.717) is 13.1 Å². The molecule has 0 aromatic heterocycles.